The second-order valence-electron chi connectivity index (χ2n) is 5.65. The molecule has 5 heteroatoms. The Morgan fingerprint density at radius 3 is 2.32 bits per heavy atom. The first kappa shape index (κ1) is 16.2. The van der Waals surface area contributed by atoms with Gasteiger partial charge in [0.15, 0.2) is 0 Å². The van der Waals surface area contributed by atoms with Crippen LogP contribution >= 0.6 is 11.6 Å². The number of anilines is 1. The third-order valence-electron chi connectivity index (χ3n) is 2.94. The van der Waals surface area contributed by atoms with Crippen LogP contribution in [0.3, 0.4) is 0 Å². The molecule has 4 nitrogen and oxygen atoms in total. The Morgan fingerprint density at radius 2 is 1.84 bits per heavy atom. The number of halogens is 1. The van der Waals surface area contributed by atoms with E-state index < -0.39 is 0 Å². The fraction of sp³-hybridized carbons (Fsp3) is 0.714. The van der Waals surface area contributed by atoms with Gasteiger partial charge in [0, 0.05) is 11.5 Å². The molecule has 0 bridgehead atoms. The first-order valence-electron chi connectivity index (χ1n) is 6.76. The minimum Gasteiger partial charge on any atom is -0.394 e. The van der Waals surface area contributed by atoms with E-state index in [1.165, 1.54) is 0 Å². The lowest BCUT2D eigenvalue weighted by Gasteiger charge is -2.21. The van der Waals surface area contributed by atoms with E-state index >= 15 is 0 Å². The van der Waals surface area contributed by atoms with Crippen LogP contribution < -0.4 is 5.32 Å². The van der Waals surface area contributed by atoms with Crippen LogP contribution in [0, 0.1) is 12.8 Å². The Labute approximate surface area is 120 Å². The van der Waals surface area contributed by atoms with Gasteiger partial charge < -0.3 is 10.4 Å². The quantitative estimate of drug-likeness (QED) is 0.787. The van der Waals surface area contributed by atoms with Crippen molar-refractivity contribution >= 4 is 17.4 Å². The maximum absolute atomic E-state index is 9.44. The molecule has 1 aromatic heterocycles. The van der Waals surface area contributed by atoms with E-state index in [2.05, 4.69) is 29.1 Å². The summed E-state index contributed by atoms with van der Waals surface area (Å²) in [6.07, 6.45) is 0.884. The normalized spacial score (nSPS) is 13.1. The first-order chi connectivity index (χ1) is 8.85. The van der Waals surface area contributed by atoms with Crippen molar-refractivity contribution < 1.29 is 5.11 Å². The summed E-state index contributed by atoms with van der Waals surface area (Å²) in [4.78, 5) is 8.79. The highest BCUT2D eigenvalue weighted by atomic mass is 35.5. The highest BCUT2D eigenvalue weighted by Crippen LogP contribution is 2.24. The van der Waals surface area contributed by atoms with Crippen LogP contribution in [0.25, 0.3) is 0 Å². The molecule has 0 radical (unpaired) electrons. The third kappa shape index (κ3) is 4.62. The molecule has 1 rings (SSSR count). The van der Waals surface area contributed by atoms with E-state index in [1.807, 2.05) is 20.8 Å². The van der Waals surface area contributed by atoms with Crippen LogP contribution in [0.1, 0.15) is 51.4 Å². The van der Waals surface area contributed by atoms with E-state index in [0.717, 1.165) is 23.6 Å². The predicted molar refractivity (Wildman–Crippen MR) is 79.8 cm³/mol. The highest BCUT2D eigenvalue weighted by Gasteiger charge is 2.16. The average Bonchev–Trinajstić information content (AvgIpc) is 2.32. The molecule has 0 aliphatic heterocycles. The Kier molecular flexibility index (Phi) is 6.01. The molecule has 19 heavy (non-hydrogen) atoms. The zero-order chi connectivity index (χ0) is 14.6. The van der Waals surface area contributed by atoms with Crippen LogP contribution in [0.5, 0.6) is 0 Å². The molecule has 0 amide bonds. The van der Waals surface area contributed by atoms with Crippen LogP contribution in [0.4, 0.5) is 5.82 Å². The first-order valence-corrected chi connectivity index (χ1v) is 7.14. The van der Waals surface area contributed by atoms with Crippen molar-refractivity contribution in [1.82, 2.24) is 9.97 Å². The zero-order valence-corrected chi connectivity index (χ0v) is 13.1. The van der Waals surface area contributed by atoms with Crippen molar-refractivity contribution in [2.24, 2.45) is 5.92 Å². The molecule has 0 aromatic carbocycles. The van der Waals surface area contributed by atoms with E-state index in [0.29, 0.717) is 11.1 Å². The van der Waals surface area contributed by atoms with Gasteiger partial charge in [0.2, 0.25) is 0 Å². The molecular formula is C14H24ClN3O. The Bertz CT molecular complexity index is 421. The molecular weight excluding hydrogens is 262 g/mol. The van der Waals surface area contributed by atoms with E-state index in [-0.39, 0.29) is 18.6 Å². The number of aromatic nitrogens is 2. The van der Waals surface area contributed by atoms with Crippen molar-refractivity contribution in [3.8, 4) is 0 Å². The summed E-state index contributed by atoms with van der Waals surface area (Å²) in [6, 6.07) is -0.00956. The molecule has 0 spiro atoms. The van der Waals surface area contributed by atoms with Gasteiger partial charge in [-0.1, -0.05) is 39.3 Å². The van der Waals surface area contributed by atoms with Crippen molar-refractivity contribution in [2.45, 2.75) is 53.0 Å². The fourth-order valence-electron chi connectivity index (χ4n) is 1.85. The molecule has 1 unspecified atom stereocenters. The van der Waals surface area contributed by atoms with Crippen molar-refractivity contribution in [2.75, 3.05) is 11.9 Å². The Morgan fingerprint density at radius 1 is 1.21 bits per heavy atom. The number of hydrogen-bond donors (Lipinski definition) is 2. The van der Waals surface area contributed by atoms with Gasteiger partial charge in [-0.25, -0.2) is 9.97 Å². The van der Waals surface area contributed by atoms with Crippen molar-refractivity contribution in [1.29, 1.82) is 0 Å². The summed E-state index contributed by atoms with van der Waals surface area (Å²) in [5, 5.41) is 13.2. The predicted octanol–water partition coefficient (Wildman–Crippen LogP) is 3.38. The van der Waals surface area contributed by atoms with Crippen LogP contribution in [-0.2, 0) is 0 Å². The van der Waals surface area contributed by atoms with Crippen LogP contribution in [0.15, 0.2) is 0 Å². The molecule has 0 saturated heterocycles. The number of aliphatic hydroxyl groups excluding tert-OH is 1. The second kappa shape index (κ2) is 7.06. The third-order valence-corrected chi connectivity index (χ3v) is 3.31. The molecule has 1 atom stereocenters. The largest absolute Gasteiger partial charge is 0.394 e. The second-order valence-corrected chi connectivity index (χ2v) is 6.01. The number of hydrogen-bond acceptors (Lipinski definition) is 4. The highest BCUT2D eigenvalue weighted by molar-refractivity contribution is 6.30. The zero-order valence-electron chi connectivity index (χ0n) is 12.4. The number of aliphatic hydroxyl groups is 1. The molecule has 0 saturated carbocycles. The molecule has 1 heterocycles. The molecule has 0 fully saturated rings. The molecule has 2 N–H and O–H groups in total. The van der Waals surface area contributed by atoms with Gasteiger partial charge in [0.25, 0.3) is 0 Å². The molecule has 1 aromatic rings. The van der Waals surface area contributed by atoms with E-state index in [1.54, 1.807) is 0 Å². The van der Waals surface area contributed by atoms with Gasteiger partial charge in [0.1, 0.15) is 16.8 Å². The smallest absolute Gasteiger partial charge is 0.137 e. The Balaban J connectivity index is 2.98. The van der Waals surface area contributed by atoms with Crippen LogP contribution in [-0.4, -0.2) is 27.7 Å². The van der Waals surface area contributed by atoms with Gasteiger partial charge in [0.05, 0.1) is 12.6 Å². The molecule has 0 aliphatic rings. The minimum absolute atomic E-state index is 0.00956. The summed E-state index contributed by atoms with van der Waals surface area (Å²) < 4.78 is 0. The lowest BCUT2D eigenvalue weighted by Crippen LogP contribution is -2.27. The van der Waals surface area contributed by atoms with E-state index in [9.17, 15) is 5.11 Å². The molecule has 108 valence electrons. The summed E-state index contributed by atoms with van der Waals surface area (Å²) in [5.41, 5.74) is 0.827. The van der Waals surface area contributed by atoms with Crippen molar-refractivity contribution in [3.05, 3.63) is 16.5 Å². The minimum atomic E-state index is -0.00956. The topological polar surface area (TPSA) is 58.0 Å². The molecule has 0 aliphatic carbocycles. The number of rotatable bonds is 6. The van der Waals surface area contributed by atoms with Gasteiger partial charge >= 0.3 is 0 Å². The summed E-state index contributed by atoms with van der Waals surface area (Å²) >= 11 is 6.14. The maximum Gasteiger partial charge on any atom is 0.137 e. The van der Waals surface area contributed by atoms with Gasteiger partial charge in [-0.3, -0.25) is 0 Å². The van der Waals surface area contributed by atoms with Crippen LogP contribution in [0.2, 0.25) is 5.15 Å². The SMILES string of the molecule is Cc1c(Cl)nc(C(C)C)nc1NC(CO)CC(C)C. The monoisotopic (exact) mass is 285 g/mol. The summed E-state index contributed by atoms with van der Waals surface area (Å²) in [6.45, 7) is 10.3. The fourth-order valence-corrected chi connectivity index (χ4v) is 2.02. The standard InChI is InChI=1S/C14H24ClN3O/c1-8(2)6-11(7-19)16-14-10(5)12(15)17-13(18-14)9(3)4/h8-9,11,19H,6-7H2,1-5H3,(H,16,17,18). The van der Waals surface area contributed by atoms with E-state index in [4.69, 9.17) is 11.6 Å². The Hall–Kier alpha value is -0.870. The lowest BCUT2D eigenvalue weighted by atomic mass is 10.0. The number of nitrogens with zero attached hydrogens (tertiary/aromatic N) is 2. The van der Waals surface area contributed by atoms with Gasteiger partial charge in [-0.05, 0) is 19.3 Å². The summed E-state index contributed by atoms with van der Waals surface area (Å²) in [5.74, 6) is 2.17. The maximum atomic E-state index is 9.44. The van der Waals surface area contributed by atoms with Crippen molar-refractivity contribution in [3.63, 3.8) is 0 Å². The lowest BCUT2D eigenvalue weighted by molar-refractivity contribution is 0.259. The van der Waals surface area contributed by atoms with Gasteiger partial charge in [-0.15, -0.1) is 0 Å². The average molecular weight is 286 g/mol. The van der Waals surface area contributed by atoms with Gasteiger partial charge in [-0.2, -0.15) is 0 Å². The summed E-state index contributed by atoms with van der Waals surface area (Å²) in [7, 11) is 0. The number of nitrogens with one attached hydrogen (secondary N) is 1.